The van der Waals surface area contributed by atoms with Crippen molar-refractivity contribution in [1.82, 2.24) is 4.57 Å². The van der Waals surface area contributed by atoms with E-state index in [1.165, 1.54) is 0 Å². The zero-order valence-electron chi connectivity index (χ0n) is 19.9. The summed E-state index contributed by atoms with van der Waals surface area (Å²) in [5.74, 6) is 0.950. The van der Waals surface area contributed by atoms with Crippen molar-refractivity contribution in [3.8, 4) is 0 Å². The molecular formula is C27H33N3SSi. The first kappa shape index (κ1) is 24.0. The van der Waals surface area contributed by atoms with Crippen LogP contribution in [0.2, 0.25) is 0 Å². The number of amidine groups is 1. The zero-order chi connectivity index (χ0) is 23.4. The molecule has 0 fully saturated rings. The van der Waals surface area contributed by atoms with Crippen molar-refractivity contribution in [2.24, 2.45) is 4.99 Å². The molecule has 0 bridgehead atoms. The van der Waals surface area contributed by atoms with E-state index < -0.39 is 7.83 Å². The predicted octanol–water partition coefficient (Wildman–Crippen LogP) is 7.35. The summed E-state index contributed by atoms with van der Waals surface area (Å²) in [7, 11) is -1.73. The van der Waals surface area contributed by atoms with Crippen LogP contribution in [0.1, 0.15) is 47.1 Å². The van der Waals surface area contributed by atoms with Crippen LogP contribution in [-0.4, -0.2) is 29.3 Å². The summed E-state index contributed by atoms with van der Waals surface area (Å²) in [5, 5.41) is 0. The minimum atomic E-state index is -1.73. The zero-order valence-corrected chi connectivity index (χ0v) is 21.7. The molecule has 0 aromatic heterocycles. The molecule has 0 spiro atoms. The topological polar surface area (TPSA) is 18.8 Å². The molecule has 0 radical (unpaired) electrons. The average Bonchev–Trinajstić information content (AvgIpc) is 2.74. The number of hydrogen-bond donors (Lipinski definition) is 0. The number of aliphatic imine (C=N–C) groups is 1. The van der Waals surface area contributed by atoms with Gasteiger partial charge in [-0.25, -0.2) is 0 Å². The second kappa shape index (κ2) is 9.88. The molecule has 5 heteroatoms. The molecular weight excluding hydrogens is 426 g/mol. The molecule has 0 aliphatic rings. The smallest absolute Gasteiger partial charge is 0.333 e. The van der Waals surface area contributed by atoms with E-state index in [0.717, 1.165) is 22.8 Å². The van der Waals surface area contributed by atoms with Gasteiger partial charge in [-0.3, -0.25) is 4.99 Å². The summed E-state index contributed by atoms with van der Waals surface area (Å²) < 4.78 is 4.68. The van der Waals surface area contributed by atoms with Crippen LogP contribution >= 0.6 is 11.6 Å². The van der Waals surface area contributed by atoms with E-state index in [4.69, 9.17) is 16.6 Å². The second-order valence-electron chi connectivity index (χ2n) is 9.77. The highest BCUT2D eigenvalue weighted by Crippen LogP contribution is 2.30. The van der Waals surface area contributed by atoms with Gasteiger partial charge in [0.05, 0.1) is 5.54 Å². The lowest BCUT2D eigenvalue weighted by atomic mass is 10.1. The summed E-state index contributed by atoms with van der Waals surface area (Å²) in [5.41, 5.74) is 2.82. The molecule has 0 saturated carbocycles. The Morgan fingerprint density at radius 1 is 0.688 bits per heavy atom. The summed E-state index contributed by atoms with van der Waals surface area (Å²) >= 11 is 6.43. The van der Waals surface area contributed by atoms with Crippen molar-refractivity contribution in [3.63, 3.8) is 0 Å². The van der Waals surface area contributed by atoms with E-state index >= 15 is 0 Å². The maximum absolute atomic E-state index is 6.43. The lowest BCUT2D eigenvalue weighted by Crippen LogP contribution is -2.56. The highest BCUT2D eigenvalue weighted by atomic mass is 32.2. The number of para-hydroxylation sites is 2. The van der Waals surface area contributed by atoms with Gasteiger partial charge >= 0.3 is 7.83 Å². The molecule has 3 rings (SSSR count). The monoisotopic (exact) mass is 459 g/mol. The van der Waals surface area contributed by atoms with Gasteiger partial charge in [-0.05, 0) is 65.8 Å². The Labute approximate surface area is 199 Å². The highest BCUT2D eigenvalue weighted by Gasteiger charge is 2.35. The first-order chi connectivity index (χ1) is 15.1. The molecule has 0 heterocycles. The van der Waals surface area contributed by atoms with E-state index in [0.29, 0.717) is 0 Å². The van der Waals surface area contributed by atoms with Crippen LogP contribution in [0.4, 0.5) is 11.4 Å². The summed E-state index contributed by atoms with van der Waals surface area (Å²) in [4.78, 5) is 5.21. The van der Waals surface area contributed by atoms with Gasteiger partial charge in [0.15, 0.2) is 0 Å². The van der Waals surface area contributed by atoms with Crippen molar-refractivity contribution < 1.29 is 0 Å². The van der Waals surface area contributed by atoms with Gasteiger partial charge in [0.1, 0.15) is 5.84 Å². The number of nitrogens with zero attached hydrogens (tertiary/aromatic N) is 3. The van der Waals surface area contributed by atoms with Crippen molar-refractivity contribution in [1.29, 1.82) is 0 Å². The van der Waals surface area contributed by atoms with Crippen molar-refractivity contribution in [3.05, 3.63) is 96.6 Å². The molecule has 0 aliphatic heterocycles. The molecule has 0 N–H and O–H groups in total. The Kier molecular flexibility index (Phi) is 7.42. The summed E-state index contributed by atoms with van der Waals surface area (Å²) in [6.07, 6.45) is 0. The third-order valence-corrected chi connectivity index (χ3v) is 8.03. The van der Waals surface area contributed by atoms with E-state index in [1.807, 2.05) is 18.2 Å². The molecule has 0 atom stereocenters. The lowest BCUT2D eigenvalue weighted by Gasteiger charge is -2.42. The van der Waals surface area contributed by atoms with Crippen molar-refractivity contribution >= 4 is 36.7 Å². The Morgan fingerprint density at radius 3 is 1.47 bits per heavy atom. The summed E-state index contributed by atoms with van der Waals surface area (Å²) in [6.45, 7) is 13.1. The second-order valence-corrected chi connectivity index (χ2v) is 12.3. The van der Waals surface area contributed by atoms with Crippen LogP contribution in [0, 0.1) is 0 Å². The van der Waals surface area contributed by atoms with E-state index in [9.17, 15) is 0 Å². The van der Waals surface area contributed by atoms with Crippen LogP contribution in [0.15, 0.2) is 96.0 Å². The maximum atomic E-state index is 6.43. The Bertz CT molecular complexity index is 1010. The molecule has 0 aliphatic carbocycles. The van der Waals surface area contributed by atoms with Gasteiger partial charge in [0, 0.05) is 22.5 Å². The Balaban J connectivity index is 2.23. The van der Waals surface area contributed by atoms with Crippen molar-refractivity contribution in [2.45, 2.75) is 52.6 Å². The molecule has 0 unspecified atom stereocenters. The number of rotatable bonds is 5. The van der Waals surface area contributed by atoms with Gasteiger partial charge < -0.3 is 9.13 Å². The first-order valence-electron chi connectivity index (χ1n) is 11.0. The number of benzene rings is 3. The molecule has 0 saturated heterocycles. The quantitative estimate of drug-likeness (QED) is 0.226. The third kappa shape index (κ3) is 5.99. The standard InChI is InChI=1S/C27H33N3SSi/c1-26(2,3)28-25(22-16-10-7-11-17-22)30(27(4,5)6)32(31)29(23-18-12-8-13-19-23)24-20-14-9-15-21-24/h7-21H,1-6H3. The molecule has 3 aromatic rings. The molecule has 166 valence electrons. The first-order valence-corrected chi connectivity index (χ1v) is 13.5. The van der Waals surface area contributed by atoms with Crippen LogP contribution < -0.4 is 4.57 Å². The van der Waals surface area contributed by atoms with Gasteiger partial charge in [-0.2, -0.15) is 0 Å². The average molecular weight is 460 g/mol. The van der Waals surface area contributed by atoms with Crippen LogP contribution in [0.25, 0.3) is 0 Å². The van der Waals surface area contributed by atoms with Gasteiger partial charge in [0.2, 0.25) is 0 Å². The molecule has 3 nitrogen and oxygen atoms in total. The Morgan fingerprint density at radius 2 is 1.09 bits per heavy atom. The SMILES string of the molecule is CC(C)(C)N=C(c1ccccc1)N([Si](=S)N(c1ccccc1)c1ccccc1)C(C)(C)C. The predicted molar refractivity (Wildman–Crippen MR) is 143 cm³/mol. The number of hydrogen-bond acceptors (Lipinski definition) is 2. The van der Waals surface area contributed by atoms with E-state index in [2.05, 4.69) is 123 Å². The van der Waals surface area contributed by atoms with Crippen molar-refractivity contribution in [2.75, 3.05) is 4.57 Å². The molecule has 3 aromatic carbocycles. The molecule has 0 amide bonds. The Hall–Kier alpha value is -2.63. The minimum Gasteiger partial charge on any atom is -0.333 e. The van der Waals surface area contributed by atoms with E-state index in [1.54, 1.807) is 0 Å². The number of anilines is 2. The van der Waals surface area contributed by atoms with Crippen LogP contribution in [0.3, 0.4) is 0 Å². The van der Waals surface area contributed by atoms with E-state index in [-0.39, 0.29) is 11.1 Å². The fourth-order valence-corrected chi connectivity index (χ4v) is 7.06. The van der Waals surface area contributed by atoms with Gasteiger partial charge in [-0.15, -0.1) is 0 Å². The highest BCUT2D eigenvalue weighted by molar-refractivity contribution is 7.88. The largest absolute Gasteiger partial charge is 0.346 e. The van der Waals surface area contributed by atoms with Gasteiger partial charge in [-0.1, -0.05) is 78.4 Å². The fraction of sp³-hybridized carbons (Fsp3) is 0.296. The van der Waals surface area contributed by atoms with Crippen LogP contribution in [-0.2, 0) is 0 Å². The third-order valence-electron chi connectivity index (χ3n) is 4.77. The fourth-order valence-electron chi connectivity index (χ4n) is 3.47. The minimum absolute atomic E-state index is 0.224. The normalized spacial score (nSPS) is 12.4. The lowest BCUT2D eigenvalue weighted by molar-refractivity contribution is 0.354. The van der Waals surface area contributed by atoms with Crippen LogP contribution in [0.5, 0.6) is 0 Å². The molecule has 32 heavy (non-hydrogen) atoms. The summed E-state index contributed by atoms with van der Waals surface area (Å²) in [6, 6.07) is 31.3. The maximum Gasteiger partial charge on any atom is 0.346 e. The van der Waals surface area contributed by atoms with Gasteiger partial charge in [0.25, 0.3) is 0 Å².